The molecule has 0 bridgehead atoms. The molecule has 0 saturated carbocycles. The van der Waals surface area contributed by atoms with Crippen molar-refractivity contribution in [2.75, 3.05) is 0 Å². The highest BCUT2D eigenvalue weighted by molar-refractivity contribution is 5.99. The zero-order chi connectivity index (χ0) is 8.10. The van der Waals surface area contributed by atoms with Gasteiger partial charge in [-0.05, 0) is 18.6 Å². The van der Waals surface area contributed by atoms with Gasteiger partial charge in [0.1, 0.15) is 0 Å². The molecule has 0 amide bonds. The Labute approximate surface area is 65.4 Å². The van der Waals surface area contributed by atoms with E-state index in [1.165, 1.54) is 0 Å². The molecule has 0 radical (unpaired) electrons. The molecular formula is C8H10N2O. The Morgan fingerprint density at radius 2 is 2.55 bits per heavy atom. The van der Waals surface area contributed by atoms with Gasteiger partial charge >= 0.3 is 0 Å². The zero-order valence-electron chi connectivity index (χ0n) is 6.36. The summed E-state index contributed by atoms with van der Waals surface area (Å²) in [6.07, 6.45) is 4.08. The van der Waals surface area contributed by atoms with Crippen LogP contribution < -0.4 is 0 Å². The summed E-state index contributed by atoms with van der Waals surface area (Å²) in [6.45, 7) is 1.93. The molecule has 0 atom stereocenters. The van der Waals surface area contributed by atoms with Gasteiger partial charge in [0.25, 0.3) is 0 Å². The molecular weight excluding hydrogens is 140 g/mol. The normalized spacial score (nSPS) is 11.5. The molecule has 1 N–H and O–H groups in total. The smallest absolute Gasteiger partial charge is 0.0880 e. The molecule has 3 heteroatoms. The predicted molar refractivity (Wildman–Crippen MR) is 42.9 cm³/mol. The minimum Gasteiger partial charge on any atom is -0.411 e. The topological polar surface area (TPSA) is 45.5 Å². The predicted octanol–water partition coefficient (Wildman–Crippen LogP) is 1.67. The van der Waals surface area contributed by atoms with E-state index in [9.17, 15) is 0 Å². The molecule has 11 heavy (non-hydrogen) atoms. The molecule has 0 saturated heterocycles. The summed E-state index contributed by atoms with van der Waals surface area (Å²) >= 11 is 0. The number of hydrogen-bond acceptors (Lipinski definition) is 3. The molecule has 0 spiro atoms. The maximum absolute atomic E-state index is 8.54. The number of nitrogens with zero attached hydrogens (tertiary/aromatic N) is 2. The molecule has 58 valence electrons. The average molecular weight is 150 g/mol. The minimum absolute atomic E-state index is 0.665. The minimum atomic E-state index is 0.665. The van der Waals surface area contributed by atoms with Crippen molar-refractivity contribution in [3.05, 3.63) is 30.1 Å². The van der Waals surface area contributed by atoms with E-state index < -0.39 is 0 Å². The van der Waals surface area contributed by atoms with E-state index >= 15 is 0 Å². The van der Waals surface area contributed by atoms with E-state index in [0.29, 0.717) is 12.1 Å². The van der Waals surface area contributed by atoms with E-state index in [-0.39, 0.29) is 0 Å². The van der Waals surface area contributed by atoms with Gasteiger partial charge < -0.3 is 5.21 Å². The van der Waals surface area contributed by atoms with Crippen molar-refractivity contribution in [3.8, 4) is 0 Å². The Morgan fingerprint density at radius 1 is 1.73 bits per heavy atom. The van der Waals surface area contributed by atoms with Crippen LogP contribution in [-0.2, 0) is 0 Å². The van der Waals surface area contributed by atoms with Crippen LogP contribution in [0.4, 0.5) is 0 Å². The van der Waals surface area contributed by atoms with Gasteiger partial charge in [-0.25, -0.2) is 0 Å². The molecule has 1 aromatic heterocycles. The third-order valence-corrected chi connectivity index (χ3v) is 1.45. The van der Waals surface area contributed by atoms with Gasteiger partial charge in [0.05, 0.1) is 5.71 Å². The Bertz CT molecular complexity index is 244. The molecule has 1 rings (SSSR count). The fourth-order valence-corrected chi connectivity index (χ4v) is 0.866. The van der Waals surface area contributed by atoms with Crippen molar-refractivity contribution in [2.45, 2.75) is 13.3 Å². The van der Waals surface area contributed by atoms with E-state index in [0.717, 1.165) is 5.56 Å². The van der Waals surface area contributed by atoms with Crippen molar-refractivity contribution < 1.29 is 5.21 Å². The van der Waals surface area contributed by atoms with Crippen LogP contribution in [-0.4, -0.2) is 15.9 Å². The van der Waals surface area contributed by atoms with Gasteiger partial charge in [-0.3, -0.25) is 4.98 Å². The van der Waals surface area contributed by atoms with Crippen molar-refractivity contribution in [2.24, 2.45) is 5.16 Å². The summed E-state index contributed by atoms with van der Waals surface area (Å²) in [5, 5.41) is 11.7. The molecule has 0 aliphatic carbocycles. The molecule has 0 fully saturated rings. The van der Waals surface area contributed by atoms with E-state index in [2.05, 4.69) is 10.1 Å². The maximum Gasteiger partial charge on any atom is 0.0880 e. The van der Waals surface area contributed by atoms with Crippen LogP contribution in [0.5, 0.6) is 0 Å². The first-order chi connectivity index (χ1) is 5.38. The Hall–Kier alpha value is -1.38. The summed E-state index contributed by atoms with van der Waals surface area (Å²) in [6, 6.07) is 3.68. The molecule has 0 aliphatic rings. The molecule has 1 aromatic rings. The SMILES string of the molecule is CC/C(=N\O)c1cccnc1. The quantitative estimate of drug-likeness (QED) is 0.396. The summed E-state index contributed by atoms with van der Waals surface area (Å²) in [4.78, 5) is 3.91. The highest BCUT2D eigenvalue weighted by atomic mass is 16.4. The molecule has 1 heterocycles. The number of oxime groups is 1. The highest BCUT2D eigenvalue weighted by Gasteiger charge is 1.98. The van der Waals surface area contributed by atoms with Gasteiger partial charge in [-0.1, -0.05) is 12.1 Å². The average Bonchev–Trinajstić information content (AvgIpc) is 2.09. The highest BCUT2D eigenvalue weighted by Crippen LogP contribution is 2.01. The lowest BCUT2D eigenvalue weighted by molar-refractivity contribution is 0.318. The first kappa shape index (κ1) is 7.72. The third kappa shape index (κ3) is 1.77. The van der Waals surface area contributed by atoms with Gasteiger partial charge in [0.15, 0.2) is 0 Å². The Balaban J connectivity index is 2.92. The van der Waals surface area contributed by atoms with E-state index in [4.69, 9.17) is 5.21 Å². The van der Waals surface area contributed by atoms with Gasteiger partial charge in [-0.2, -0.15) is 0 Å². The van der Waals surface area contributed by atoms with Crippen molar-refractivity contribution in [1.82, 2.24) is 4.98 Å². The Kier molecular flexibility index (Phi) is 2.60. The van der Waals surface area contributed by atoms with Gasteiger partial charge in [-0.15, -0.1) is 0 Å². The summed E-state index contributed by atoms with van der Waals surface area (Å²) in [5.41, 5.74) is 1.54. The van der Waals surface area contributed by atoms with Crippen molar-refractivity contribution in [3.63, 3.8) is 0 Å². The van der Waals surface area contributed by atoms with E-state index in [1.807, 2.05) is 19.1 Å². The fraction of sp³-hybridized carbons (Fsp3) is 0.250. The fourth-order valence-electron chi connectivity index (χ4n) is 0.866. The maximum atomic E-state index is 8.54. The first-order valence-electron chi connectivity index (χ1n) is 3.49. The zero-order valence-corrected chi connectivity index (χ0v) is 6.36. The second-order valence-corrected chi connectivity index (χ2v) is 2.14. The lowest BCUT2D eigenvalue weighted by Crippen LogP contribution is -1.98. The summed E-state index contributed by atoms with van der Waals surface area (Å²) in [5.74, 6) is 0. The second-order valence-electron chi connectivity index (χ2n) is 2.14. The monoisotopic (exact) mass is 150 g/mol. The number of hydrogen-bond donors (Lipinski definition) is 1. The van der Waals surface area contributed by atoms with Crippen LogP contribution in [0.3, 0.4) is 0 Å². The first-order valence-corrected chi connectivity index (χ1v) is 3.49. The third-order valence-electron chi connectivity index (χ3n) is 1.45. The standard InChI is InChI=1S/C8H10N2O/c1-2-8(10-11)7-4-3-5-9-6-7/h3-6,11H,2H2,1H3/b10-8+. The van der Waals surface area contributed by atoms with E-state index in [1.54, 1.807) is 12.4 Å². The molecule has 0 aliphatic heterocycles. The molecule has 3 nitrogen and oxygen atoms in total. The summed E-state index contributed by atoms with van der Waals surface area (Å²) < 4.78 is 0. The van der Waals surface area contributed by atoms with Crippen LogP contribution in [0, 0.1) is 0 Å². The number of aromatic nitrogens is 1. The Morgan fingerprint density at radius 3 is 3.00 bits per heavy atom. The second kappa shape index (κ2) is 3.71. The number of pyridine rings is 1. The van der Waals surface area contributed by atoms with Crippen LogP contribution in [0.1, 0.15) is 18.9 Å². The van der Waals surface area contributed by atoms with Crippen molar-refractivity contribution >= 4 is 5.71 Å². The van der Waals surface area contributed by atoms with Crippen LogP contribution >= 0.6 is 0 Å². The largest absolute Gasteiger partial charge is 0.411 e. The lowest BCUT2D eigenvalue weighted by atomic mass is 10.1. The molecule has 0 aromatic carbocycles. The van der Waals surface area contributed by atoms with Gasteiger partial charge in [0, 0.05) is 18.0 Å². The molecule has 0 unspecified atom stereocenters. The lowest BCUT2D eigenvalue weighted by Gasteiger charge is -1.97. The van der Waals surface area contributed by atoms with Crippen LogP contribution in [0.15, 0.2) is 29.7 Å². The van der Waals surface area contributed by atoms with Crippen LogP contribution in [0.2, 0.25) is 0 Å². The number of rotatable bonds is 2. The van der Waals surface area contributed by atoms with Gasteiger partial charge in [0.2, 0.25) is 0 Å². The summed E-state index contributed by atoms with van der Waals surface area (Å²) in [7, 11) is 0. The van der Waals surface area contributed by atoms with Crippen molar-refractivity contribution in [1.29, 1.82) is 0 Å². The van der Waals surface area contributed by atoms with Crippen LogP contribution in [0.25, 0.3) is 0 Å².